The summed E-state index contributed by atoms with van der Waals surface area (Å²) in [5, 5.41) is 12.7. The van der Waals surface area contributed by atoms with E-state index in [-0.39, 0.29) is 6.10 Å². The Morgan fingerprint density at radius 1 is 1.40 bits per heavy atom. The van der Waals surface area contributed by atoms with Gasteiger partial charge in [-0.2, -0.15) is 0 Å². The summed E-state index contributed by atoms with van der Waals surface area (Å²) >= 11 is 0. The maximum atomic E-state index is 9.47. The predicted molar refractivity (Wildman–Crippen MR) is 61.0 cm³/mol. The summed E-state index contributed by atoms with van der Waals surface area (Å²) in [4.78, 5) is 2.46. The molecule has 0 aromatic heterocycles. The number of nitrogens with one attached hydrogen (secondary N) is 1. The highest BCUT2D eigenvalue weighted by molar-refractivity contribution is 4.67. The lowest BCUT2D eigenvalue weighted by Crippen LogP contribution is -2.35. The van der Waals surface area contributed by atoms with E-state index in [9.17, 15) is 5.11 Å². The van der Waals surface area contributed by atoms with E-state index in [1.807, 2.05) is 6.92 Å². The molecule has 1 heterocycles. The fourth-order valence-electron chi connectivity index (χ4n) is 1.82. The van der Waals surface area contributed by atoms with Crippen molar-refractivity contribution in [3.8, 4) is 0 Å². The first-order valence-electron chi connectivity index (χ1n) is 6.01. The second-order valence-corrected chi connectivity index (χ2v) is 4.07. The van der Waals surface area contributed by atoms with Crippen LogP contribution in [0.2, 0.25) is 0 Å². The average Bonchev–Trinajstić information content (AvgIpc) is 2.74. The minimum absolute atomic E-state index is 0.372. The number of nitrogens with zero attached hydrogens (tertiary/aromatic N) is 1. The summed E-state index contributed by atoms with van der Waals surface area (Å²) in [5.74, 6) is 0. The van der Waals surface area contributed by atoms with Gasteiger partial charge in [0.1, 0.15) is 0 Å². The molecular weight excluding hydrogens is 192 g/mol. The number of hydrogen-bond donors (Lipinski definition) is 2. The average molecular weight is 216 g/mol. The van der Waals surface area contributed by atoms with Crippen LogP contribution in [0.15, 0.2) is 0 Å². The van der Waals surface area contributed by atoms with Gasteiger partial charge in [0.15, 0.2) is 0 Å². The standard InChI is InChI=1S/C11H24N2O2/c1-2-15-10-11(14)9-12-5-8-13-6-3-4-7-13/h11-12,14H,2-10H2,1H3. The van der Waals surface area contributed by atoms with E-state index in [0.29, 0.717) is 19.8 Å². The van der Waals surface area contributed by atoms with Crippen LogP contribution in [0.4, 0.5) is 0 Å². The van der Waals surface area contributed by atoms with Crippen LogP contribution in [0, 0.1) is 0 Å². The van der Waals surface area contributed by atoms with Crippen molar-refractivity contribution in [1.82, 2.24) is 10.2 Å². The quantitative estimate of drug-likeness (QED) is 0.564. The normalized spacial score (nSPS) is 19.6. The molecule has 2 N–H and O–H groups in total. The molecule has 0 aromatic carbocycles. The van der Waals surface area contributed by atoms with Gasteiger partial charge < -0.3 is 20.1 Å². The number of hydrogen-bond acceptors (Lipinski definition) is 4. The van der Waals surface area contributed by atoms with Gasteiger partial charge in [-0.25, -0.2) is 0 Å². The summed E-state index contributed by atoms with van der Waals surface area (Å²) in [6.45, 7) is 8.22. The third-order valence-electron chi connectivity index (χ3n) is 2.70. The van der Waals surface area contributed by atoms with E-state index in [0.717, 1.165) is 13.1 Å². The van der Waals surface area contributed by atoms with Crippen molar-refractivity contribution >= 4 is 0 Å². The molecule has 1 rings (SSSR count). The van der Waals surface area contributed by atoms with Gasteiger partial charge in [-0.1, -0.05) is 0 Å². The first-order chi connectivity index (χ1) is 7.33. The Labute approximate surface area is 92.6 Å². The van der Waals surface area contributed by atoms with Crippen molar-refractivity contribution in [2.24, 2.45) is 0 Å². The van der Waals surface area contributed by atoms with Crippen LogP contribution < -0.4 is 5.32 Å². The topological polar surface area (TPSA) is 44.7 Å². The second-order valence-electron chi connectivity index (χ2n) is 4.07. The van der Waals surface area contributed by atoms with Crippen LogP contribution in [0.3, 0.4) is 0 Å². The van der Waals surface area contributed by atoms with Crippen LogP contribution >= 0.6 is 0 Å². The van der Waals surface area contributed by atoms with E-state index in [1.54, 1.807) is 0 Å². The Balaban J connectivity index is 1.87. The van der Waals surface area contributed by atoms with E-state index in [2.05, 4.69) is 10.2 Å². The molecule has 1 aliphatic heterocycles. The van der Waals surface area contributed by atoms with Crippen molar-refractivity contribution in [3.05, 3.63) is 0 Å². The number of ether oxygens (including phenoxy) is 1. The van der Waals surface area contributed by atoms with Crippen molar-refractivity contribution in [3.63, 3.8) is 0 Å². The predicted octanol–water partition coefficient (Wildman–Crippen LogP) is 0.0692. The van der Waals surface area contributed by atoms with Gasteiger partial charge in [0.2, 0.25) is 0 Å². The molecule has 0 spiro atoms. The molecule has 90 valence electrons. The summed E-state index contributed by atoms with van der Waals surface area (Å²) in [6.07, 6.45) is 2.31. The summed E-state index contributed by atoms with van der Waals surface area (Å²) < 4.78 is 5.13. The SMILES string of the molecule is CCOCC(O)CNCCN1CCCC1. The molecule has 0 aliphatic carbocycles. The molecule has 1 atom stereocenters. The highest BCUT2D eigenvalue weighted by atomic mass is 16.5. The molecule has 0 bridgehead atoms. The summed E-state index contributed by atoms with van der Waals surface area (Å²) in [7, 11) is 0. The van der Waals surface area contributed by atoms with Crippen LogP contribution in [-0.2, 0) is 4.74 Å². The Morgan fingerprint density at radius 3 is 2.80 bits per heavy atom. The molecule has 4 heteroatoms. The lowest BCUT2D eigenvalue weighted by molar-refractivity contribution is 0.0427. The van der Waals surface area contributed by atoms with Gasteiger partial charge >= 0.3 is 0 Å². The fourth-order valence-corrected chi connectivity index (χ4v) is 1.82. The third kappa shape index (κ3) is 6.10. The van der Waals surface area contributed by atoms with Crippen molar-refractivity contribution < 1.29 is 9.84 Å². The van der Waals surface area contributed by atoms with E-state index < -0.39 is 0 Å². The van der Waals surface area contributed by atoms with Crippen molar-refractivity contribution in [2.45, 2.75) is 25.9 Å². The van der Waals surface area contributed by atoms with E-state index in [4.69, 9.17) is 4.74 Å². The van der Waals surface area contributed by atoms with Crippen molar-refractivity contribution in [2.75, 3.05) is 45.9 Å². The van der Waals surface area contributed by atoms with Crippen LogP contribution in [0.5, 0.6) is 0 Å². The van der Waals surface area contributed by atoms with Gasteiger partial charge in [0.25, 0.3) is 0 Å². The Bertz CT molecular complexity index is 150. The van der Waals surface area contributed by atoms with Gasteiger partial charge in [0, 0.05) is 26.2 Å². The van der Waals surface area contributed by atoms with Crippen molar-refractivity contribution in [1.29, 1.82) is 0 Å². The zero-order valence-corrected chi connectivity index (χ0v) is 9.74. The summed E-state index contributed by atoms with van der Waals surface area (Å²) in [6, 6.07) is 0. The Hall–Kier alpha value is -0.160. The third-order valence-corrected chi connectivity index (χ3v) is 2.70. The lowest BCUT2D eigenvalue weighted by Gasteiger charge is -2.16. The second kappa shape index (κ2) is 8.05. The smallest absolute Gasteiger partial charge is 0.0897 e. The molecule has 15 heavy (non-hydrogen) atoms. The molecule has 0 amide bonds. The minimum atomic E-state index is -0.372. The summed E-state index contributed by atoms with van der Waals surface area (Å²) in [5.41, 5.74) is 0. The first kappa shape index (κ1) is 12.9. The van der Waals surface area contributed by atoms with Crippen LogP contribution in [0.1, 0.15) is 19.8 Å². The number of aliphatic hydroxyl groups excluding tert-OH is 1. The molecule has 1 saturated heterocycles. The monoisotopic (exact) mass is 216 g/mol. The molecular formula is C11H24N2O2. The largest absolute Gasteiger partial charge is 0.389 e. The van der Waals surface area contributed by atoms with E-state index >= 15 is 0 Å². The number of likely N-dealkylation sites (tertiary alicyclic amines) is 1. The van der Waals surface area contributed by atoms with Crippen LogP contribution in [-0.4, -0.2) is 62.0 Å². The molecule has 1 fully saturated rings. The molecule has 0 radical (unpaired) electrons. The maximum Gasteiger partial charge on any atom is 0.0897 e. The molecule has 1 aliphatic rings. The van der Waals surface area contributed by atoms with E-state index in [1.165, 1.54) is 25.9 Å². The van der Waals surface area contributed by atoms with Gasteiger partial charge in [0.05, 0.1) is 12.7 Å². The van der Waals surface area contributed by atoms with Gasteiger partial charge in [-0.3, -0.25) is 0 Å². The number of aliphatic hydroxyl groups is 1. The van der Waals surface area contributed by atoms with Gasteiger partial charge in [-0.05, 0) is 32.9 Å². The Morgan fingerprint density at radius 2 is 2.13 bits per heavy atom. The fraction of sp³-hybridized carbons (Fsp3) is 1.00. The number of rotatable bonds is 8. The highest BCUT2D eigenvalue weighted by Gasteiger charge is 2.10. The minimum Gasteiger partial charge on any atom is -0.389 e. The molecule has 0 saturated carbocycles. The maximum absolute atomic E-state index is 9.47. The molecule has 0 aromatic rings. The zero-order valence-electron chi connectivity index (χ0n) is 9.74. The zero-order chi connectivity index (χ0) is 10.9. The molecule has 1 unspecified atom stereocenters. The highest BCUT2D eigenvalue weighted by Crippen LogP contribution is 2.05. The van der Waals surface area contributed by atoms with Crippen LogP contribution in [0.25, 0.3) is 0 Å². The Kier molecular flexibility index (Phi) is 6.92. The van der Waals surface area contributed by atoms with Gasteiger partial charge in [-0.15, -0.1) is 0 Å². The lowest BCUT2D eigenvalue weighted by atomic mass is 10.3. The molecule has 4 nitrogen and oxygen atoms in total. The first-order valence-corrected chi connectivity index (χ1v) is 6.01.